The zero-order valence-corrected chi connectivity index (χ0v) is 5.15. The van der Waals surface area contributed by atoms with Crippen LogP contribution in [0.5, 0.6) is 0 Å². The van der Waals surface area contributed by atoms with Crippen LogP contribution in [0.25, 0.3) is 5.70 Å². The van der Waals surface area contributed by atoms with Gasteiger partial charge in [-0.05, 0) is 6.07 Å². The maximum Gasteiger partial charge on any atom is 0.116 e. The molecule has 10 heavy (non-hydrogen) atoms. The molecule has 0 atom stereocenters. The third kappa shape index (κ3) is 0.699. The summed E-state index contributed by atoms with van der Waals surface area (Å²) in [7, 11) is 0. The Morgan fingerprint density at radius 3 is 3.00 bits per heavy atom. The highest BCUT2D eigenvalue weighted by Gasteiger charge is 2.03. The molecule has 0 saturated carbocycles. The van der Waals surface area contributed by atoms with E-state index >= 15 is 0 Å². The Labute approximate surface area is 57.7 Å². The van der Waals surface area contributed by atoms with E-state index in [2.05, 4.69) is 20.5 Å². The molecule has 0 unspecified atom stereocenters. The molecule has 2 rings (SSSR count). The molecule has 1 aliphatic heterocycles. The first-order valence-electron chi connectivity index (χ1n) is 2.89. The number of aromatic nitrogens is 2. The van der Waals surface area contributed by atoms with Crippen LogP contribution in [0.15, 0.2) is 23.5 Å². The molecule has 0 amide bonds. The number of hydrogen-bond acceptors (Lipinski definition) is 2. The van der Waals surface area contributed by atoms with Crippen molar-refractivity contribution in [1.29, 1.82) is 0 Å². The first kappa shape index (κ1) is 5.22. The smallest absolute Gasteiger partial charge is 0.116 e. The minimum atomic E-state index is 0.807. The van der Waals surface area contributed by atoms with E-state index < -0.39 is 0 Å². The Morgan fingerprint density at radius 1 is 1.40 bits per heavy atom. The molecular formula is C6H5N4. The zero-order valence-electron chi connectivity index (χ0n) is 5.15. The fourth-order valence-corrected chi connectivity index (χ4v) is 0.768. The van der Waals surface area contributed by atoms with Gasteiger partial charge in [0.15, 0.2) is 0 Å². The van der Waals surface area contributed by atoms with Crippen LogP contribution >= 0.6 is 0 Å². The molecule has 1 aromatic rings. The summed E-state index contributed by atoms with van der Waals surface area (Å²) >= 11 is 0. The van der Waals surface area contributed by atoms with Crippen molar-refractivity contribution in [3.63, 3.8) is 0 Å². The molecule has 1 radical (unpaired) electrons. The van der Waals surface area contributed by atoms with E-state index in [1.807, 2.05) is 6.07 Å². The fraction of sp³-hybridized carbons (Fsp3) is 0. The average Bonchev–Trinajstić information content (AvgIpc) is 2.59. The van der Waals surface area contributed by atoms with Crippen molar-refractivity contribution in [2.45, 2.75) is 0 Å². The molecule has 1 N–H and O–H groups in total. The molecule has 2 heterocycles. The van der Waals surface area contributed by atoms with Crippen LogP contribution < -0.4 is 5.32 Å². The first-order valence-corrected chi connectivity index (χ1v) is 2.89. The van der Waals surface area contributed by atoms with Gasteiger partial charge in [0.2, 0.25) is 0 Å². The molecule has 49 valence electrons. The summed E-state index contributed by atoms with van der Waals surface area (Å²) < 4.78 is 0. The molecule has 0 aromatic carbocycles. The van der Waals surface area contributed by atoms with Crippen LogP contribution in [0.3, 0.4) is 0 Å². The topological polar surface area (TPSA) is 55.1 Å². The summed E-state index contributed by atoms with van der Waals surface area (Å²) in [6.45, 7) is 0. The summed E-state index contributed by atoms with van der Waals surface area (Å²) in [6.07, 6.45) is 4.93. The average molecular weight is 133 g/mol. The van der Waals surface area contributed by atoms with Crippen LogP contribution in [-0.2, 0) is 0 Å². The number of aliphatic imine (C=N–C) groups is 1. The molecule has 0 bridgehead atoms. The summed E-state index contributed by atoms with van der Waals surface area (Å²) in [4.78, 5) is 3.97. The van der Waals surface area contributed by atoms with Gasteiger partial charge in [-0.3, -0.25) is 5.10 Å². The maximum atomic E-state index is 3.97. The SMILES string of the molecule is C1=NC(c2cc[nH]n2)=C[N]1. The highest BCUT2D eigenvalue weighted by Crippen LogP contribution is 2.12. The summed E-state index contributed by atoms with van der Waals surface area (Å²) in [5, 5.41) is 10.4. The highest BCUT2D eigenvalue weighted by molar-refractivity contribution is 5.77. The van der Waals surface area contributed by atoms with Gasteiger partial charge in [-0.2, -0.15) is 5.10 Å². The Morgan fingerprint density at radius 2 is 2.40 bits per heavy atom. The summed E-state index contributed by atoms with van der Waals surface area (Å²) in [5.74, 6) is 0. The number of aromatic amines is 1. The van der Waals surface area contributed by atoms with Gasteiger partial charge in [-0.1, -0.05) is 0 Å². The molecule has 0 spiro atoms. The highest BCUT2D eigenvalue weighted by atomic mass is 15.1. The van der Waals surface area contributed by atoms with Gasteiger partial charge in [-0.25, -0.2) is 10.3 Å². The molecule has 0 aliphatic carbocycles. The van der Waals surface area contributed by atoms with Crippen molar-refractivity contribution in [1.82, 2.24) is 15.5 Å². The lowest BCUT2D eigenvalue weighted by atomic mass is 10.3. The predicted molar refractivity (Wildman–Crippen MR) is 37.2 cm³/mol. The quantitative estimate of drug-likeness (QED) is 0.590. The second-order valence-corrected chi connectivity index (χ2v) is 1.87. The Kier molecular flexibility index (Phi) is 1.04. The molecule has 1 aliphatic rings. The lowest BCUT2D eigenvalue weighted by Crippen LogP contribution is -1.81. The molecule has 0 fully saturated rings. The standard InChI is InChI=1S/C6H5N4/c1-2-9-10-5(1)6-3-7-4-8-6/h1-4H,(H,9,10). The predicted octanol–water partition coefficient (Wildman–Crippen LogP) is 0.354. The molecule has 4 nitrogen and oxygen atoms in total. The summed E-state index contributed by atoms with van der Waals surface area (Å²) in [6, 6.07) is 1.85. The monoisotopic (exact) mass is 133 g/mol. The molecule has 0 saturated heterocycles. The Balaban J connectivity index is 2.36. The van der Waals surface area contributed by atoms with E-state index in [1.54, 1.807) is 12.4 Å². The number of nitrogens with zero attached hydrogens (tertiary/aromatic N) is 3. The van der Waals surface area contributed by atoms with Gasteiger partial charge >= 0.3 is 0 Å². The van der Waals surface area contributed by atoms with E-state index in [-0.39, 0.29) is 0 Å². The van der Waals surface area contributed by atoms with Crippen LogP contribution in [0.4, 0.5) is 0 Å². The van der Waals surface area contributed by atoms with E-state index in [9.17, 15) is 0 Å². The summed E-state index contributed by atoms with van der Waals surface area (Å²) in [5.41, 5.74) is 1.64. The van der Waals surface area contributed by atoms with Gasteiger partial charge in [0.25, 0.3) is 0 Å². The lowest BCUT2D eigenvalue weighted by Gasteiger charge is -1.85. The van der Waals surface area contributed by atoms with Gasteiger partial charge < -0.3 is 0 Å². The number of H-pyrrole nitrogens is 1. The van der Waals surface area contributed by atoms with Gasteiger partial charge in [0.1, 0.15) is 17.7 Å². The van der Waals surface area contributed by atoms with Crippen molar-refractivity contribution < 1.29 is 0 Å². The van der Waals surface area contributed by atoms with Crippen molar-refractivity contribution in [2.24, 2.45) is 4.99 Å². The van der Waals surface area contributed by atoms with Crippen LogP contribution in [0.2, 0.25) is 0 Å². The fourth-order valence-electron chi connectivity index (χ4n) is 0.768. The van der Waals surface area contributed by atoms with Gasteiger partial charge in [0.05, 0.1) is 6.20 Å². The van der Waals surface area contributed by atoms with Crippen molar-refractivity contribution in [3.05, 3.63) is 24.2 Å². The van der Waals surface area contributed by atoms with Crippen molar-refractivity contribution in [2.75, 3.05) is 0 Å². The van der Waals surface area contributed by atoms with Gasteiger partial charge in [-0.15, -0.1) is 0 Å². The molecule has 1 aromatic heterocycles. The van der Waals surface area contributed by atoms with Crippen LogP contribution in [0.1, 0.15) is 5.69 Å². The zero-order chi connectivity index (χ0) is 6.81. The second-order valence-electron chi connectivity index (χ2n) is 1.87. The third-order valence-electron chi connectivity index (χ3n) is 1.22. The molecular weight excluding hydrogens is 128 g/mol. The van der Waals surface area contributed by atoms with Gasteiger partial charge in [0, 0.05) is 6.20 Å². The van der Waals surface area contributed by atoms with Crippen molar-refractivity contribution in [3.8, 4) is 0 Å². The Hall–Kier alpha value is -1.58. The minimum absolute atomic E-state index is 0.807. The number of nitrogens with one attached hydrogen (secondary N) is 1. The lowest BCUT2D eigenvalue weighted by molar-refractivity contribution is 1.07. The van der Waals surface area contributed by atoms with Crippen molar-refractivity contribution >= 4 is 12.0 Å². The van der Waals surface area contributed by atoms with E-state index in [0.29, 0.717) is 0 Å². The minimum Gasteiger partial charge on any atom is -0.285 e. The maximum absolute atomic E-state index is 3.97. The normalized spacial score (nSPS) is 15.0. The van der Waals surface area contributed by atoms with E-state index in [0.717, 1.165) is 11.4 Å². The number of rotatable bonds is 1. The largest absolute Gasteiger partial charge is 0.285 e. The molecule has 4 heteroatoms. The Bertz CT molecular complexity index is 270. The van der Waals surface area contributed by atoms with E-state index in [4.69, 9.17) is 0 Å². The number of hydrogen-bond donors (Lipinski definition) is 1. The van der Waals surface area contributed by atoms with Crippen LogP contribution in [0, 0.1) is 0 Å². The van der Waals surface area contributed by atoms with Crippen LogP contribution in [-0.4, -0.2) is 16.5 Å². The second kappa shape index (κ2) is 1.98. The first-order chi connectivity index (χ1) is 4.97. The third-order valence-corrected chi connectivity index (χ3v) is 1.22. The van der Waals surface area contributed by atoms with E-state index in [1.165, 1.54) is 6.34 Å².